The van der Waals surface area contributed by atoms with Crippen molar-refractivity contribution >= 4 is 23.9 Å². The molecule has 0 saturated carbocycles. The highest BCUT2D eigenvalue weighted by atomic mass is 16.5. The molecule has 6 nitrogen and oxygen atoms in total. The smallest absolute Gasteiger partial charge is 0.317 e. The Bertz CT molecular complexity index is 548. The molecule has 0 heterocycles. The second kappa shape index (κ2) is 7.84. The van der Waals surface area contributed by atoms with Gasteiger partial charge in [0.2, 0.25) is 5.91 Å². The van der Waals surface area contributed by atoms with Crippen molar-refractivity contribution in [2.75, 3.05) is 14.2 Å². The van der Waals surface area contributed by atoms with E-state index in [4.69, 9.17) is 4.74 Å². The lowest BCUT2D eigenvalue weighted by molar-refractivity contribution is -0.149. The standard InChI is InChI=1S/C15H17NO5/c1-10(15(19)21-3)14(18)16-13(17)9-6-11-4-7-12(20-2)8-5-11/h4-10H,1-3H3,(H,16,17,18). The second-order valence-electron chi connectivity index (χ2n) is 4.20. The van der Waals surface area contributed by atoms with Gasteiger partial charge in [0.15, 0.2) is 0 Å². The summed E-state index contributed by atoms with van der Waals surface area (Å²) in [5.74, 6) is -2.33. The summed E-state index contributed by atoms with van der Waals surface area (Å²) in [6.45, 7) is 1.36. The van der Waals surface area contributed by atoms with E-state index in [1.54, 1.807) is 37.5 Å². The molecule has 6 heteroatoms. The van der Waals surface area contributed by atoms with Crippen molar-refractivity contribution in [3.05, 3.63) is 35.9 Å². The fraction of sp³-hybridized carbons (Fsp3) is 0.267. The molecule has 0 fully saturated rings. The number of carbonyl (C=O) groups excluding carboxylic acids is 3. The lowest BCUT2D eigenvalue weighted by atomic mass is 10.1. The van der Waals surface area contributed by atoms with Crippen LogP contribution in [-0.2, 0) is 19.1 Å². The van der Waals surface area contributed by atoms with Gasteiger partial charge >= 0.3 is 5.97 Å². The lowest BCUT2D eigenvalue weighted by Gasteiger charge is -2.07. The van der Waals surface area contributed by atoms with Crippen LogP contribution < -0.4 is 10.1 Å². The molecule has 2 amide bonds. The van der Waals surface area contributed by atoms with Crippen molar-refractivity contribution in [1.29, 1.82) is 0 Å². The van der Waals surface area contributed by atoms with Crippen molar-refractivity contribution in [3.63, 3.8) is 0 Å². The predicted molar refractivity (Wildman–Crippen MR) is 76.4 cm³/mol. The average molecular weight is 291 g/mol. The topological polar surface area (TPSA) is 81.7 Å². The molecule has 0 bridgehead atoms. The van der Waals surface area contributed by atoms with E-state index in [1.807, 2.05) is 0 Å². The SMILES string of the molecule is COC(=O)C(C)C(=O)NC(=O)C=Cc1ccc(OC)cc1. The van der Waals surface area contributed by atoms with Gasteiger partial charge < -0.3 is 9.47 Å². The van der Waals surface area contributed by atoms with Crippen LogP contribution in [0.5, 0.6) is 5.75 Å². The Morgan fingerprint density at radius 1 is 1.14 bits per heavy atom. The zero-order valence-electron chi connectivity index (χ0n) is 12.1. The largest absolute Gasteiger partial charge is 0.497 e. The van der Waals surface area contributed by atoms with Crippen LogP contribution in [0.3, 0.4) is 0 Å². The molecular formula is C15H17NO5. The van der Waals surface area contributed by atoms with Gasteiger partial charge in [-0.05, 0) is 30.7 Å². The van der Waals surface area contributed by atoms with Crippen molar-refractivity contribution in [3.8, 4) is 5.75 Å². The van der Waals surface area contributed by atoms with Crippen LogP contribution in [0.1, 0.15) is 12.5 Å². The zero-order valence-corrected chi connectivity index (χ0v) is 12.1. The number of imide groups is 1. The van der Waals surface area contributed by atoms with E-state index < -0.39 is 23.7 Å². The summed E-state index contributed by atoms with van der Waals surface area (Å²) >= 11 is 0. The first kappa shape index (κ1) is 16.4. The number of nitrogens with one attached hydrogen (secondary N) is 1. The van der Waals surface area contributed by atoms with Crippen LogP contribution in [0, 0.1) is 5.92 Å². The highest BCUT2D eigenvalue weighted by molar-refractivity contribution is 6.08. The monoisotopic (exact) mass is 291 g/mol. The first-order valence-corrected chi connectivity index (χ1v) is 6.22. The fourth-order valence-electron chi connectivity index (χ4n) is 1.44. The molecule has 1 unspecified atom stereocenters. The molecule has 0 radical (unpaired) electrons. The quantitative estimate of drug-likeness (QED) is 0.500. The number of ether oxygens (including phenoxy) is 2. The van der Waals surface area contributed by atoms with Crippen LogP contribution in [-0.4, -0.2) is 32.0 Å². The molecule has 1 atom stereocenters. The highest BCUT2D eigenvalue weighted by Gasteiger charge is 2.22. The number of methoxy groups -OCH3 is 2. The maximum Gasteiger partial charge on any atom is 0.317 e. The molecule has 1 aromatic rings. The molecule has 0 saturated heterocycles. The van der Waals surface area contributed by atoms with E-state index in [2.05, 4.69) is 10.1 Å². The van der Waals surface area contributed by atoms with E-state index in [9.17, 15) is 14.4 Å². The Kier molecular flexibility index (Phi) is 6.13. The molecule has 1 rings (SSSR count). The highest BCUT2D eigenvalue weighted by Crippen LogP contribution is 2.12. The van der Waals surface area contributed by atoms with Crippen molar-refractivity contribution in [2.45, 2.75) is 6.92 Å². The van der Waals surface area contributed by atoms with E-state index >= 15 is 0 Å². The van der Waals surface area contributed by atoms with E-state index in [0.29, 0.717) is 5.75 Å². The van der Waals surface area contributed by atoms with E-state index in [0.717, 1.165) is 5.56 Å². The number of hydrogen-bond donors (Lipinski definition) is 1. The number of benzene rings is 1. The van der Waals surface area contributed by atoms with Gasteiger partial charge in [-0.2, -0.15) is 0 Å². The van der Waals surface area contributed by atoms with Crippen molar-refractivity contribution < 1.29 is 23.9 Å². The van der Waals surface area contributed by atoms with Crippen molar-refractivity contribution in [2.24, 2.45) is 5.92 Å². The molecule has 1 aromatic carbocycles. The van der Waals surface area contributed by atoms with Crippen LogP contribution in [0.15, 0.2) is 30.3 Å². The molecule has 0 aliphatic carbocycles. The lowest BCUT2D eigenvalue weighted by Crippen LogP contribution is -2.37. The molecule has 0 aliphatic heterocycles. The normalized spacial score (nSPS) is 11.8. The number of rotatable bonds is 5. The Morgan fingerprint density at radius 2 is 1.76 bits per heavy atom. The summed E-state index contributed by atoms with van der Waals surface area (Å²) in [6, 6.07) is 7.03. The van der Waals surface area contributed by atoms with Gasteiger partial charge in [0, 0.05) is 6.08 Å². The van der Waals surface area contributed by atoms with Crippen LogP contribution in [0.2, 0.25) is 0 Å². The van der Waals surface area contributed by atoms with Crippen LogP contribution in [0.25, 0.3) is 6.08 Å². The number of esters is 1. The first-order valence-electron chi connectivity index (χ1n) is 6.22. The van der Waals surface area contributed by atoms with Crippen LogP contribution in [0.4, 0.5) is 0 Å². The summed E-state index contributed by atoms with van der Waals surface area (Å²) in [4.78, 5) is 34.3. The van der Waals surface area contributed by atoms with Gasteiger partial charge in [0.1, 0.15) is 11.7 Å². The summed E-state index contributed by atoms with van der Waals surface area (Å²) in [5.41, 5.74) is 0.777. The second-order valence-corrected chi connectivity index (χ2v) is 4.20. The third-order valence-electron chi connectivity index (χ3n) is 2.74. The third kappa shape index (κ3) is 5.10. The summed E-state index contributed by atoms with van der Waals surface area (Å²) in [7, 11) is 2.74. The maximum atomic E-state index is 11.6. The van der Waals surface area contributed by atoms with Crippen LogP contribution >= 0.6 is 0 Å². The molecular weight excluding hydrogens is 274 g/mol. The van der Waals surface area contributed by atoms with E-state index in [-0.39, 0.29) is 0 Å². The minimum Gasteiger partial charge on any atom is -0.497 e. The number of carbonyl (C=O) groups is 3. The Labute approximate surface area is 122 Å². The molecule has 0 spiro atoms. The summed E-state index contributed by atoms with van der Waals surface area (Å²) < 4.78 is 9.44. The van der Waals surface area contributed by atoms with Gasteiger partial charge in [-0.15, -0.1) is 0 Å². The summed E-state index contributed by atoms with van der Waals surface area (Å²) in [5, 5.41) is 2.10. The number of hydrogen-bond acceptors (Lipinski definition) is 5. The van der Waals surface area contributed by atoms with Gasteiger partial charge in [0.25, 0.3) is 5.91 Å². The minimum absolute atomic E-state index is 0.605. The molecule has 0 aliphatic rings. The Hall–Kier alpha value is -2.63. The van der Waals surface area contributed by atoms with Crippen molar-refractivity contribution in [1.82, 2.24) is 5.32 Å². The maximum absolute atomic E-state index is 11.6. The van der Waals surface area contributed by atoms with E-state index in [1.165, 1.54) is 20.1 Å². The average Bonchev–Trinajstić information content (AvgIpc) is 2.51. The minimum atomic E-state index is -1.03. The zero-order chi connectivity index (χ0) is 15.8. The third-order valence-corrected chi connectivity index (χ3v) is 2.74. The van der Waals surface area contributed by atoms with Gasteiger partial charge in [-0.3, -0.25) is 19.7 Å². The summed E-state index contributed by atoms with van der Waals surface area (Å²) in [6.07, 6.45) is 2.76. The van der Waals surface area contributed by atoms with Gasteiger partial charge in [-0.25, -0.2) is 0 Å². The van der Waals surface area contributed by atoms with Gasteiger partial charge in [0.05, 0.1) is 14.2 Å². The first-order chi connectivity index (χ1) is 9.97. The Balaban J connectivity index is 2.58. The predicted octanol–water partition coefficient (Wildman–Crippen LogP) is 1.16. The molecule has 21 heavy (non-hydrogen) atoms. The molecule has 1 N–H and O–H groups in total. The fourth-order valence-corrected chi connectivity index (χ4v) is 1.44. The number of amides is 2. The Morgan fingerprint density at radius 3 is 2.29 bits per heavy atom. The van der Waals surface area contributed by atoms with Gasteiger partial charge in [-0.1, -0.05) is 12.1 Å². The molecule has 112 valence electrons. The molecule has 0 aromatic heterocycles.